The Balaban J connectivity index is 1.80. The summed E-state index contributed by atoms with van der Waals surface area (Å²) in [7, 11) is 0. The molecule has 0 aliphatic heterocycles. The van der Waals surface area contributed by atoms with Crippen molar-refractivity contribution >= 4 is 44.0 Å². The van der Waals surface area contributed by atoms with Gasteiger partial charge in [0.05, 0.1) is 15.9 Å². The zero-order chi connectivity index (χ0) is 18.1. The van der Waals surface area contributed by atoms with E-state index in [-0.39, 0.29) is 0 Å². The first-order chi connectivity index (χ1) is 12.6. The fourth-order valence-corrected chi connectivity index (χ4v) is 4.03. The molecule has 0 amide bonds. The van der Waals surface area contributed by atoms with Gasteiger partial charge in [-0.3, -0.25) is 10.7 Å². The fraction of sp³-hybridized carbons (Fsp3) is 0.0500. The van der Waals surface area contributed by atoms with Crippen LogP contribution in [0.25, 0.3) is 21.3 Å². The third kappa shape index (κ3) is 3.37. The van der Waals surface area contributed by atoms with E-state index in [1.165, 1.54) is 16.9 Å². The first-order valence-electron chi connectivity index (χ1n) is 8.06. The number of nitrogens with zero attached hydrogens (tertiary/aromatic N) is 1. The molecule has 4 aromatic rings. The zero-order valence-electron chi connectivity index (χ0n) is 13.7. The largest absolute Gasteiger partial charge is 0.375 e. The second-order valence-corrected chi connectivity index (χ2v) is 7.54. The highest BCUT2D eigenvalue weighted by Gasteiger charge is 2.12. The molecule has 0 fully saturated rings. The summed E-state index contributed by atoms with van der Waals surface area (Å²) in [5.74, 6) is 0. The third-order valence-electron chi connectivity index (χ3n) is 4.20. The Morgan fingerprint density at radius 3 is 2.58 bits per heavy atom. The van der Waals surface area contributed by atoms with Crippen LogP contribution in [0.3, 0.4) is 0 Å². The molecule has 0 unspecified atom stereocenters. The average molecular weight is 382 g/mol. The van der Waals surface area contributed by atoms with Crippen molar-refractivity contribution < 1.29 is 5.21 Å². The van der Waals surface area contributed by atoms with Crippen molar-refractivity contribution in [1.82, 2.24) is 4.98 Å². The van der Waals surface area contributed by atoms with Crippen molar-refractivity contribution in [1.29, 1.82) is 0 Å². The van der Waals surface area contributed by atoms with Crippen molar-refractivity contribution in [2.75, 3.05) is 11.2 Å². The van der Waals surface area contributed by atoms with Gasteiger partial charge in [-0.25, -0.2) is 4.98 Å². The minimum absolute atomic E-state index is 0.554. The van der Waals surface area contributed by atoms with E-state index in [9.17, 15) is 0 Å². The van der Waals surface area contributed by atoms with Gasteiger partial charge in [0.15, 0.2) is 5.13 Å². The molecule has 4 rings (SSSR count). The number of aromatic nitrogens is 1. The summed E-state index contributed by atoms with van der Waals surface area (Å²) in [6.45, 7) is 0. The predicted octanol–water partition coefficient (Wildman–Crippen LogP) is 5.59. The van der Waals surface area contributed by atoms with Crippen molar-refractivity contribution in [3.8, 4) is 11.1 Å². The van der Waals surface area contributed by atoms with Gasteiger partial charge >= 0.3 is 0 Å². The van der Waals surface area contributed by atoms with Crippen LogP contribution in [0.2, 0.25) is 5.02 Å². The van der Waals surface area contributed by atoms with Crippen molar-refractivity contribution in [3.63, 3.8) is 0 Å². The lowest BCUT2D eigenvalue weighted by atomic mass is 9.98. The Morgan fingerprint density at radius 1 is 1.04 bits per heavy atom. The summed E-state index contributed by atoms with van der Waals surface area (Å²) in [6.07, 6.45) is 0.771. The number of nitrogens with two attached hydrogens (primary N) is 1. The summed E-state index contributed by atoms with van der Waals surface area (Å²) < 4.78 is 1.06. The van der Waals surface area contributed by atoms with E-state index in [1.54, 1.807) is 0 Å². The third-order valence-corrected chi connectivity index (χ3v) is 5.26. The van der Waals surface area contributed by atoms with Crippen molar-refractivity contribution in [2.45, 2.75) is 6.42 Å². The molecule has 4 nitrogen and oxygen atoms in total. The van der Waals surface area contributed by atoms with Crippen LogP contribution in [-0.2, 0) is 6.42 Å². The molecule has 130 valence electrons. The molecule has 4 N–H and O–H groups in total. The second kappa shape index (κ2) is 6.96. The molecule has 0 saturated carbocycles. The van der Waals surface area contributed by atoms with Crippen LogP contribution < -0.4 is 11.2 Å². The number of benzene rings is 3. The number of hydrogen-bond donors (Lipinski definition) is 3. The normalized spacial score (nSPS) is 11.0. The molecular weight excluding hydrogens is 366 g/mol. The quantitative estimate of drug-likeness (QED) is 0.403. The number of rotatable bonds is 4. The van der Waals surface area contributed by atoms with Gasteiger partial charge in [-0.1, -0.05) is 47.2 Å². The first-order valence-corrected chi connectivity index (χ1v) is 9.26. The molecular formula is C20H16ClN3OS. The van der Waals surface area contributed by atoms with E-state index in [4.69, 9.17) is 22.5 Å². The molecule has 0 atom stereocenters. The van der Waals surface area contributed by atoms with Gasteiger partial charge in [0.2, 0.25) is 0 Å². The second-order valence-electron chi connectivity index (χ2n) is 6.04. The summed E-state index contributed by atoms with van der Waals surface area (Å²) >= 11 is 7.67. The summed E-state index contributed by atoms with van der Waals surface area (Å²) in [6, 6.07) is 19.7. The standard InChI is InChI=1S/C20H16ClN3OS/c21-15-3-1-2-14(11-15)17-9-13(10-18-19(17)23-20(22)26-18)8-12-4-6-16(24-25)7-5-12/h1-7,9-11,24-25H,8H2,(H2,22,23). The Bertz CT molecular complexity index is 1080. The highest BCUT2D eigenvalue weighted by atomic mass is 35.5. The number of anilines is 2. The van der Waals surface area contributed by atoms with Gasteiger partial charge in [-0.2, -0.15) is 0 Å². The minimum atomic E-state index is 0.554. The van der Waals surface area contributed by atoms with Gasteiger partial charge in [-0.05, 0) is 59.5 Å². The summed E-state index contributed by atoms with van der Waals surface area (Å²) in [4.78, 5) is 4.51. The average Bonchev–Trinajstić information content (AvgIpc) is 3.02. The lowest BCUT2D eigenvalue weighted by Crippen LogP contribution is -1.92. The number of nitrogens with one attached hydrogen (secondary N) is 1. The maximum Gasteiger partial charge on any atom is 0.181 e. The maximum atomic E-state index is 8.95. The Labute approximate surface area is 159 Å². The lowest BCUT2D eigenvalue weighted by molar-refractivity contribution is 0.389. The van der Waals surface area contributed by atoms with Crippen LogP contribution in [0.5, 0.6) is 0 Å². The fourth-order valence-electron chi connectivity index (χ4n) is 3.01. The number of nitrogen functional groups attached to an aromatic ring is 1. The molecule has 0 spiro atoms. The van der Waals surface area contributed by atoms with Gasteiger partial charge < -0.3 is 5.73 Å². The number of hydrogen-bond acceptors (Lipinski definition) is 5. The van der Waals surface area contributed by atoms with Crippen molar-refractivity contribution in [3.05, 3.63) is 76.8 Å². The first kappa shape index (κ1) is 16.8. The molecule has 0 bridgehead atoms. The maximum absolute atomic E-state index is 8.95. The molecule has 1 heterocycles. The van der Waals surface area contributed by atoms with Crippen LogP contribution in [0.4, 0.5) is 10.8 Å². The van der Waals surface area contributed by atoms with E-state index in [0.29, 0.717) is 15.8 Å². The van der Waals surface area contributed by atoms with Crippen LogP contribution >= 0.6 is 22.9 Å². The number of thiazole rings is 1. The minimum Gasteiger partial charge on any atom is -0.375 e. The Hall–Kier alpha value is -2.60. The van der Waals surface area contributed by atoms with Crippen molar-refractivity contribution in [2.24, 2.45) is 0 Å². The molecule has 0 aliphatic rings. The van der Waals surface area contributed by atoms with Gasteiger partial charge in [-0.15, -0.1) is 0 Å². The van der Waals surface area contributed by atoms with Crippen LogP contribution in [0, 0.1) is 0 Å². The molecule has 3 aromatic carbocycles. The lowest BCUT2D eigenvalue weighted by Gasteiger charge is -2.09. The Kier molecular flexibility index (Phi) is 4.51. The van der Waals surface area contributed by atoms with E-state index in [1.807, 2.05) is 48.5 Å². The smallest absolute Gasteiger partial charge is 0.181 e. The predicted molar refractivity (Wildman–Crippen MR) is 109 cm³/mol. The van der Waals surface area contributed by atoms with E-state index >= 15 is 0 Å². The SMILES string of the molecule is Nc1nc2c(-c3cccc(Cl)c3)cc(Cc3ccc(NO)cc3)cc2s1. The molecule has 6 heteroatoms. The number of halogens is 1. The molecule has 0 radical (unpaired) electrons. The Morgan fingerprint density at radius 2 is 1.85 bits per heavy atom. The summed E-state index contributed by atoms with van der Waals surface area (Å²) in [5.41, 5.74) is 14.0. The number of fused-ring (bicyclic) bond motifs is 1. The van der Waals surface area contributed by atoms with Gasteiger partial charge in [0, 0.05) is 10.6 Å². The van der Waals surface area contributed by atoms with Crippen LogP contribution in [-0.4, -0.2) is 10.2 Å². The van der Waals surface area contributed by atoms with E-state index < -0.39 is 0 Å². The van der Waals surface area contributed by atoms with E-state index in [0.717, 1.165) is 33.3 Å². The molecule has 0 saturated heterocycles. The molecule has 0 aliphatic carbocycles. The van der Waals surface area contributed by atoms with Gasteiger partial charge in [0.1, 0.15) is 0 Å². The highest BCUT2D eigenvalue weighted by molar-refractivity contribution is 7.22. The molecule has 26 heavy (non-hydrogen) atoms. The summed E-state index contributed by atoms with van der Waals surface area (Å²) in [5, 5.41) is 10.2. The highest BCUT2D eigenvalue weighted by Crippen LogP contribution is 2.35. The topological polar surface area (TPSA) is 71.2 Å². The monoisotopic (exact) mass is 381 g/mol. The van der Waals surface area contributed by atoms with E-state index in [2.05, 4.69) is 22.6 Å². The zero-order valence-corrected chi connectivity index (χ0v) is 15.3. The van der Waals surface area contributed by atoms with Crippen LogP contribution in [0.15, 0.2) is 60.7 Å². The van der Waals surface area contributed by atoms with Gasteiger partial charge in [0.25, 0.3) is 0 Å². The van der Waals surface area contributed by atoms with Crippen LogP contribution in [0.1, 0.15) is 11.1 Å². The molecule has 1 aromatic heterocycles.